The Labute approximate surface area is 94.6 Å². The number of alkyl halides is 1. The second kappa shape index (κ2) is 4.78. The lowest BCUT2D eigenvalue weighted by molar-refractivity contribution is 0.182. The highest BCUT2D eigenvalue weighted by Gasteiger charge is 2.09. The molecule has 0 aromatic carbocycles. The molecule has 15 heavy (non-hydrogen) atoms. The van der Waals surface area contributed by atoms with Crippen molar-refractivity contribution in [2.75, 3.05) is 7.11 Å². The molecule has 0 spiro atoms. The van der Waals surface area contributed by atoms with E-state index in [2.05, 4.69) is 9.97 Å². The van der Waals surface area contributed by atoms with E-state index in [1.54, 1.807) is 12.5 Å². The zero-order valence-corrected chi connectivity index (χ0v) is 9.70. The fraction of sp³-hybridized carbons (Fsp3) is 0.333. The van der Waals surface area contributed by atoms with Gasteiger partial charge in [0.15, 0.2) is 10.0 Å². The minimum Gasteiger partial charge on any atom is -0.378 e. The fourth-order valence-corrected chi connectivity index (χ4v) is 2.74. The Hall–Kier alpha value is -0.850. The van der Waals surface area contributed by atoms with E-state index in [4.69, 9.17) is 4.74 Å². The van der Waals surface area contributed by atoms with Crippen molar-refractivity contribution in [3.63, 3.8) is 0 Å². The molecule has 0 bridgehead atoms. The molecule has 0 N–H and O–H groups in total. The van der Waals surface area contributed by atoms with Gasteiger partial charge < -0.3 is 4.74 Å². The van der Waals surface area contributed by atoms with Gasteiger partial charge in [-0.1, -0.05) is 0 Å². The van der Waals surface area contributed by atoms with Crippen LogP contribution in [0, 0.1) is 0 Å². The van der Waals surface area contributed by atoms with E-state index >= 15 is 0 Å². The molecular weight excluding hydrogens is 235 g/mol. The molecule has 2 rings (SSSR count). The van der Waals surface area contributed by atoms with E-state index in [0.29, 0.717) is 12.3 Å². The minimum absolute atomic E-state index is 0.471. The van der Waals surface area contributed by atoms with Crippen molar-refractivity contribution in [2.24, 2.45) is 0 Å². The molecule has 2 aromatic rings. The predicted molar refractivity (Wildman–Crippen MR) is 58.7 cm³/mol. The van der Waals surface area contributed by atoms with Crippen molar-refractivity contribution in [1.29, 1.82) is 0 Å². The van der Waals surface area contributed by atoms with Gasteiger partial charge in [-0.2, -0.15) is 0 Å². The van der Waals surface area contributed by atoms with Crippen LogP contribution in [0.25, 0.3) is 10.0 Å². The fourth-order valence-electron chi connectivity index (χ4n) is 1.09. The average molecular weight is 244 g/mol. The Morgan fingerprint density at radius 1 is 1.20 bits per heavy atom. The van der Waals surface area contributed by atoms with Gasteiger partial charge in [0.25, 0.3) is 0 Å². The summed E-state index contributed by atoms with van der Waals surface area (Å²) in [6, 6.07) is 0. The van der Waals surface area contributed by atoms with Crippen LogP contribution in [0.3, 0.4) is 0 Å². The Morgan fingerprint density at radius 3 is 2.33 bits per heavy atom. The van der Waals surface area contributed by atoms with Crippen molar-refractivity contribution >= 4 is 22.7 Å². The van der Waals surface area contributed by atoms with Crippen LogP contribution >= 0.6 is 22.7 Å². The summed E-state index contributed by atoms with van der Waals surface area (Å²) < 4.78 is 17.3. The van der Waals surface area contributed by atoms with Crippen molar-refractivity contribution in [3.05, 3.63) is 22.1 Å². The number of rotatable bonds is 4. The molecule has 0 fully saturated rings. The number of nitrogens with zero attached hydrogens (tertiary/aromatic N) is 2. The van der Waals surface area contributed by atoms with Crippen molar-refractivity contribution in [1.82, 2.24) is 9.97 Å². The van der Waals surface area contributed by atoms with Gasteiger partial charge in [0.2, 0.25) is 0 Å². The summed E-state index contributed by atoms with van der Waals surface area (Å²) in [5.74, 6) is 0. The van der Waals surface area contributed by atoms with Gasteiger partial charge in [-0.3, -0.25) is 0 Å². The highest BCUT2D eigenvalue weighted by Crippen LogP contribution is 2.27. The summed E-state index contributed by atoms with van der Waals surface area (Å²) in [7, 11) is 1.63. The van der Waals surface area contributed by atoms with Gasteiger partial charge in [-0.15, -0.1) is 22.7 Å². The van der Waals surface area contributed by atoms with Gasteiger partial charge in [0.1, 0.15) is 6.67 Å². The van der Waals surface area contributed by atoms with Crippen LogP contribution in [0.1, 0.15) is 11.4 Å². The molecule has 0 aliphatic rings. The molecule has 2 heterocycles. The molecule has 0 amide bonds. The number of aromatic nitrogens is 2. The lowest BCUT2D eigenvalue weighted by Crippen LogP contribution is -1.87. The predicted octanol–water partition coefficient (Wildman–Crippen LogP) is 2.88. The minimum atomic E-state index is -0.521. The third-order valence-electron chi connectivity index (χ3n) is 1.72. The Kier molecular flexibility index (Phi) is 3.40. The van der Waals surface area contributed by atoms with Crippen molar-refractivity contribution < 1.29 is 9.13 Å². The van der Waals surface area contributed by atoms with Crippen LogP contribution < -0.4 is 0 Å². The SMILES string of the molecule is COCc1csc(-c2nc(CF)cs2)n1. The first kappa shape index (κ1) is 10.7. The molecule has 0 saturated carbocycles. The highest BCUT2D eigenvalue weighted by molar-refractivity contribution is 7.19. The van der Waals surface area contributed by atoms with Crippen LogP contribution in [0.5, 0.6) is 0 Å². The Morgan fingerprint density at radius 2 is 1.80 bits per heavy atom. The van der Waals surface area contributed by atoms with Crippen molar-refractivity contribution in [3.8, 4) is 10.0 Å². The normalized spacial score (nSPS) is 10.8. The number of halogens is 1. The number of hydrogen-bond acceptors (Lipinski definition) is 5. The summed E-state index contributed by atoms with van der Waals surface area (Å²) in [4.78, 5) is 8.46. The molecule has 2 aromatic heterocycles. The second-order valence-corrected chi connectivity index (χ2v) is 4.57. The third-order valence-corrected chi connectivity index (χ3v) is 3.64. The quantitative estimate of drug-likeness (QED) is 0.829. The Bertz CT molecular complexity index is 441. The van der Waals surface area contributed by atoms with E-state index < -0.39 is 6.67 Å². The van der Waals surface area contributed by atoms with E-state index in [1.165, 1.54) is 22.7 Å². The first-order valence-corrected chi connectivity index (χ1v) is 6.03. The monoisotopic (exact) mass is 244 g/mol. The maximum atomic E-state index is 12.3. The van der Waals surface area contributed by atoms with Crippen LogP contribution in [-0.4, -0.2) is 17.1 Å². The highest BCUT2D eigenvalue weighted by atomic mass is 32.1. The van der Waals surface area contributed by atoms with E-state index in [1.807, 2.05) is 5.38 Å². The Balaban J connectivity index is 2.21. The molecule has 0 unspecified atom stereocenters. The molecule has 0 saturated heterocycles. The van der Waals surface area contributed by atoms with Crippen molar-refractivity contribution in [2.45, 2.75) is 13.3 Å². The van der Waals surface area contributed by atoms with Crippen LogP contribution in [0.15, 0.2) is 10.8 Å². The molecule has 3 nitrogen and oxygen atoms in total. The largest absolute Gasteiger partial charge is 0.378 e. The average Bonchev–Trinajstić information content (AvgIpc) is 2.85. The zero-order chi connectivity index (χ0) is 10.7. The summed E-state index contributed by atoms with van der Waals surface area (Å²) in [6.45, 7) is -0.0232. The van der Waals surface area contributed by atoms with Crippen LogP contribution in [0.2, 0.25) is 0 Å². The molecule has 0 aliphatic carbocycles. The number of thiazole rings is 2. The van der Waals surface area contributed by atoms with E-state index in [0.717, 1.165) is 15.7 Å². The van der Waals surface area contributed by atoms with E-state index in [9.17, 15) is 4.39 Å². The molecule has 80 valence electrons. The first-order valence-electron chi connectivity index (χ1n) is 4.27. The molecule has 6 heteroatoms. The maximum absolute atomic E-state index is 12.3. The van der Waals surface area contributed by atoms with Gasteiger partial charge in [-0.25, -0.2) is 14.4 Å². The topological polar surface area (TPSA) is 35.0 Å². The smallest absolute Gasteiger partial charge is 0.152 e. The van der Waals surface area contributed by atoms with E-state index in [-0.39, 0.29) is 0 Å². The number of methoxy groups -OCH3 is 1. The first-order chi connectivity index (χ1) is 7.33. The second-order valence-electron chi connectivity index (χ2n) is 2.85. The zero-order valence-electron chi connectivity index (χ0n) is 8.07. The number of hydrogen-bond donors (Lipinski definition) is 0. The van der Waals surface area contributed by atoms with Gasteiger partial charge >= 0.3 is 0 Å². The summed E-state index contributed by atoms with van der Waals surface area (Å²) >= 11 is 2.92. The summed E-state index contributed by atoms with van der Waals surface area (Å²) in [5, 5.41) is 5.24. The third kappa shape index (κ3) is 2.39. The summed E-state index contributed by atoms with van der Waals surface area (Å²) in [6.07, 6.45) is 0. The van der Waals surface area contributed by atoms with Gasteiger partial charge in [0, 0.05) is 17.9 Å². The van der Waals surface area contributed by atoms with Gasteiger partial charge in [-0.05, 0) is 0 Å². The maximum Gasteiger partial charge on any atom is 0.152 e. The van der Waals surface area contributed by atoms with Gasteiger partial charge in [0.05, 0.1) is 18.0 Å². The van der Waals surface area contributed by atoms with Crippen LogP contribution in [0.4, 0.5) is 4.39 Å². The molecule has 0 atom stereocenters. The summed E-state index contributed by atoms with van der Waals surface area (Å²) in [5.41, 5.74) is 1.35. The van der Waals surface area contributed by atoms with Crippen LogP contribution in [-0.2, 0) is 18.0 Å². The standard InChI is InChI=1S/C9H9FN2OS2/c1-13-3-7-5-15-9(12-7)8-11-6(2-10)4-14-8/h4-5H,2-3H2,1H3. The lowest BCUT2D eigenvalue weighted by Gasteiger charge is -1.90. The molecule has 0 radical (unpaired) electrons. The number of ether oxygens (including phenoxy) is 1. The lowest BCUT2D eigenvalue weighted by atomic mass is 10.5. The molecule has 0 aliphatic heterocycles. The molecular formula is C9H9FN2OS2.